The van der Waals surface area contributed by atoms with E-state index in [0.29, 0.717) is 25.7 Å². The monoisotopic (exact) mass is 1430 g/mol. The molecular weight excluding hydrogens is 1320 g/mol. The molecule has 4 aliphatic carbocycles. The third-order valence-electron chi connectivity index (χ3n) is 25.1. The zero-order valence-corrected chi connectivity index (χ0v) is 57.8. The number of ether oxygens (including phenoxy) is 12. The fraction of sp³-hybridized carbons (Fsp3) is 0.970. The summed E-state index contributed by atoms with van der Waals surface area (Å²) in [6, 6.07) is 0. The van der Waals surface area contributed by atoms with E-state index in [1.807, 2.05) is 20.8 Å². The highest BCUT2D eigenvalue weighted by atomic mass is 16.8. The van der Waals surface area contributed by atoms with E-state index in [1.165, 1.54) is 5.57 Å². The molecule has 10 aliphatic rings. The van der Waals surface area contributed by atoms with Crippen molar-refractivity contribution in [1.82, 2.24) is 0 Å². The minimum absolute atomic E-state index is 0.114. The van der Waals surface area contributed by atoms with Crippen LogP contribution >= 0.6 is 0 Å². The summed E-state index contributed by atoms with van der Waals surface area (Å²) in [6.07, 6.45) is -42.5. The summed E-state index contributed by atoms with van der Waals surface area (Å²) in [5.74, 6) is 0.784. The van der Waals surface area contributed by atoms with Gasteiger partial charge < -0.3 is 159 Å². The van der Waals surface area contributed by atoms with Crippen molar-refractivity contribution >= 4 is 0 Å². The van der Waals surface area contributed by atoms with Gasteiger partial charge in [-0.15, -0.1) is 0 Å². The van der Waals surface area contributed by atoms with Crippen LogP contribution in [0.15, 0.2) is 11.6 Å². The van der Waals surface area contributed by atoms with Gasteiger partial charge in [0.05, 0.1) is 51.8 Å². The van der Waals surface area contributed by atoms with Crippen LogP contribution in [-0.2, 0) is 56.8 Å². The van der Waals surface area contributed by atoms with E-state index in [4.69, 9.17) is 56.8 Å². The fourth-order valence-corrected chi connectivity index (χ4v) is 18.6. The van der Waals surface area contributed by atoms with Crippen molar-refractivity contribution in [3.63, 3.8) is 0 Å². The molecular formula is C67H114O32. The SMILES string of the molecule is C[C@H](CCC(OC1OC(COC2OC(CO)C(O)C(O)C2O)C(O)C(O)C1OC1OC(CO)C(O)C(O)C1O)C(C)(C)C)[C@H]1CC[C@@]2(C)C3CC=C4C(CC[C@H](OC5OC(COC6OC(CO)C(O)C(O)C6O)C(O)C(O)C5OC5OC(CO)C(O)C(O)C5O)C4(C)C)[C@]3(C)CC[C@]12C. The number of hydrogen-bond donors (Lipinski definition) is 20. The lowest BCUT2D eigenvalue weighted by Crippen LogP contribution is -2.66. The zero-order valence-electron chi connectivity index (χ0n) is 57.8. The molecule has 6 saturated heterocycles. The summed E-state index contributed by atoms with van der Waals surface area (Å²) < 4.78 is 72.8. The van der Waals surface area contributed by atoms with E-state index in [9.17, 15) is 102 Å². The molecule has 39 atom stereocenters. The molecule has 3 saturated carbocycles. The molecule has 0 aromatic heterocycles. The van der Waals surface area contributed by atoms with Gasteiger partial charge in [-0.2, -0.15) is 0 Å². The average molecular weight is 1430 g/mol. The van der Waals surface area contributed by atoms with Crippen LogP contribution in [0.3, 0.4) is 0 Å². The highest BCUT2D eigenvalue weighted by Gasteiger charge is 2.68. The van der Waals surface area contributed by atoms with Crippen LogP contribution in [0.5, 0.6) is 0 Å². The van der Waals surface area contributed by atoms with Gasteiger partial charge in [0, 0.05) is 5.41 Å². The normalized spacial score (nSPS) is 51.7. The Balaban J connectivity index is 0.842. The minimum atomic E-state index is -1.90. The van der Waals surface area contributed by atoms with Gasteiger partial charge in [-0.25, -0.2) is 0 Å². The molecule has 0 aromatic rings. The standard InChI is InChI=1S/C67H114O32/c1-26(10-14-37(63(2,3)4)96-61-55(98-59-53(86)47(80)41(74)32(22-70)92-59)49(82)43(76)34(94-61)24-88-57-51(84)45(78)39(72)30(20-68)90-57)27-16-17-67(9)36-13-11-28-29(65(36,7)18-19-66(27,67)8)12-15-38(64(28,5)6)97-62-56(99-60-54(87)48(81)42(75)33(23-71)93-60)50(83)44(77)35(95-62)25-89-58-52(85)46(79)40(73)31(21-69)91-58/h11,26-27,29-62,68-87H,10,12-25H2,1-9H3/t26-,27-,29?,30?,31?,32?,33?,34?,35?,36?,37?,38+,39?,40?,41?,42?,43?,44?,45?,46?,47?,48?,49?,50?,51?,52?,53?,54?,55?,56?,57?,58?,59?,60?,61?,62?,65+,66-,67+/m1/s1. The summed E-state index contributed by atoms with van der Waals surface area (Å²) in [5.41, 5.74) is -0.558. The van der Waals surface area contributed by atoms with Crippen LogP contribution in [0.1, 0.15) is 120 Å². The van der Waals surface area contributed by atoms with Gasteiger partial charge in [-0.05, 0) is 103 Å². The molecule has 0 spiro atoms. The van der Waals surface area contributed by atoms with Crippen LogP contribution in [0.4, 0.5) is 0 Å². The number of aliphatic hydroxyl groups is 20. The molecule has 574 valence electrons. The highest BCUT2D eigenvalue weighted by molar-refractivity contribution is 5.30. The third kappa shape index (κ3) is 15.0. The van der Waals surface area contributed by atoms with Crippen molar-refractivity contribution in [2.75, 3.05) is 39.6 Å². The van der Waals surface area contributed by atoms with Crippen molar-refractivity contribution in [3.8, 4) is 0 Å². The molecule has 6 heterocycles. The maximum absolute atomic E-state index is 11.9. The van der Waals surface area contributed by atoms with Gasteiger partial charge >= 0.3 is 0 Å². The maximum atomic E-state index is 11.9. The van der Waals surface area contributed by atoms with E-state index < -0.39 is 247 Å². The lowest BCUT2D eigenvalue weighted by Gasteiger charge is -2.66. The molecule has 0 aromatic carbocycles. The molecule has 20 N–H and O–H groups in total. The third-order valence-corrected chi connectivity index (χ3v) is 25.1. The molecule has 33 unspecified atom stereocenters. The molecule has 9 fully saturated rings. The van der Waals surface area contributed by atoms with E-state index in [2.05, 4.69) is 47.6 Å². The van der Waals surface area contributed by atoms with Crippen molar-refractivity contribution in [1.29, 1.82) is 0 Å². The van der Waals surface area contributed by atoms with Gasteiger partial charge in [-0.3, -0.25) is 0 Å². The Morgan fingerprint density at radius 1 is 0.434 bits per heavy atom. The second-order valence-corrected chi connectivity index (χ2v) is 32.2. The summed E-state index contributed by atoms with van der Waals surface area (Å²) in [5, 5.41) is 215. The van der Waals surface area contributed by atoms with E-state index in [0.717, 1.165) is 32.1 Å². The molecule has 99 heavy (non-hydrogen) atoms. The number of fused-ring (bicyclic) bond motifs is 5. The van der Waals surface area contributed by atoms with Gasteiger partial charge in [0.25, 0.3) is 0 Å². The molecule has 6 aliphatic heterocycles. The Morgan fingerprint density at radius 2 is 0.838 bits per heavy atom. The summed E-state index contributed by atoms with van der Waals surface area (Å²) in [4.78, 5) is 0. The Bertz CT molecular complexity index is 2630. The molecule has 10 rings (SSSR count). The topological polar surface area (TPSA) is 515 Å². The van der Waals surface area contributed by atoms with Gasteiger partial charge in [0.1, 0.15) is 146 Å². The lowest BCUT2D eigenvalue weighted by atomic mass is 9.39. The number of hydrogen-bond acceptors (Lipinski definition) is 32. The quantitative estimate of drug-likeness (QED) is 0.0450. The van der Waals surface area contributed by atoms with Crippen molar-refractivity contribution in [3.05, 3.63) is 11.6 Å². The van der Waals surface area contributed by atoms with E-state index >= 15 is 0 Å². The van der Waals surface area contributed by atoms with Crippen molar-refractivity contribution in [2.45, 2.75) is 317 Å². The Morgan fingerprint density at radius 3 is 1.28 bits per heavy atom. The van der Waals surface area contributed by atoms with Crippen LogP contribution in [0.2, 0.25) is 0 Å². The van der Waals surface area contributed by atoms with Crippen molar-refractivity contribution in [2.24, 2.45) is 50.7 Å². The first-order chi connectivity index (χ1) is 46.4. The predicted molar refractivity (Wildman–Crippen MR) is 335 cm³/mol. The predicted octanol–water partition coefficient (Wildman–Crippen LogP) is -5.28. The summed E-state index contributed by atoms with van der Waals surface area (Å²) in [7, 11) is 0. The Labute approximate surface area is 575 Å². The van der Waals surface area contributed by atoms with E-state index in [-0.39, 0.29) is 39.9 Å². The first-order valence-electron chi connectivity index (χ1n) is 35.2. The van der Waals surface area contributed by atoms with Crippen LogP contribution in [0.25, 0.3) is 0 Å². The molecule has 0 bridgehead atoms. The Kier molecular flexibility index (Phi) is 25.3. The largest absolute Gasteiger partial charge is 0.394 e. The van der Waals surface area contributed by atoms with Gasteiger partial charge in [0.2, 0.25) is 0 Å². The minimum Gasteiger partial charge on any atom is -0.394 e. The fourth-order valence-electron chi connectivity index (χ4n) is 18.6. The van der Waals surface area contributed by atoms with Crippen LogP contribution in [0, 0.1) is 50.7 Å². The first-order valence-corrected chi connectivity index (χ1v) is 35.2. The smallest absolute Gasteiger partial charge is 0.187 e. The number of rotatable bonds is 22. The van der Waals surface area contributed by atoms with Gasteiger partial charge in [-0.1, -0.05) is 74.0 Å². The van der Waals surface area contributed by atoms with Crippen LogP contribution in [-0.4, -0.2) is 338 Å². The number of allylic oxidation sites excluding steroid dienone is 1. The van der Waals surface area contributed by atoms with E-state index in [1.54, 1.807) is 0 Å². The maximum Gasteiger partial charge on any atom is 0.187 e. The molecule has 32 nitrogen and oxygen atoms in total. The highest BCUT2D eigenvalue weighted by Crippen LogP contribution is 2.75. The molecule has 32 heteroatoms. The zero-order chi connectivity index (χ0) is 72.7. The van der Waals surface area contributed by atoms with Crippen LogP contribution < -0.4 is 0 Å². The second-order valence-electron chi connectivity index (χ2n) is 32.2. The molecule has 0 amide bonds. The second kappa shape index (κ2) is 31.3. The summed E-state index contributed by atoms with van der Waals surface area (Å²) >= 11 is 0. The number of aliphatic hydroxyl groups excluding tert-OH is 20. The summed E-state index contributed by atoms with van der Waals surface area (Å²) in [6.45, 7) is 15.4. The molecule has 0 radical (unpaired) electrons. The Hall–Kier alpha value is -1.54. The lowest BCUT2D eigenvalue weighted by molar-refractivity contribution is -0.379. The average Bonchev–Trinajstić information content (AvgIpc) is 1.64. The van der Waals surface area contributed by atoms with Crippen molar-refractivity contribution < 1.29 is 159 Å². The van der Waals surface area contributed by atoms with Gasteiger partial charge in [0.15, 0.2) is 37.7 Å². The first kappa shape index (κ1) is 80.0.